The first-order chi connectivity index (χ1) is 6.19. The first-order valence-electron chi connectivity index (χ1n) is 4.47. The lowest BCUT2D eigenvalue weighted by Gasteiger charge is -2.23. The Morgan fingerprint density at radius 1 is 1.77 bits per heavy atom. The number of hydrogen-bond acceptors (Lipinski definition) is 4. The molecule has 3 aliphatic heterocycles. The minimum atomic E-state index is -0.785. The average molecular weight is 195 g/mol. The van der Waals surface area contributed by atoms with E-state index >= 15 is 0 Å². The molecular weight excluding hydrogens is 186 g/mol. The Labute approximate surface area is 80.4 Å². The lowest BCUT2D eigenvalue weighted by atomic mass is 9.73. The molecule has 3 saturated heterocycles. The molecule has 0 aromatic carbocycles. The van der Waals surface area contributed by atoms with Crippen molar-refractivity contribution in [2.45, 2.75) is 29.9 Å². The molecule has 0 N–H and O–H groups in total. The van der Waals surface area contributed by atoms with Crippen LogP contribution in [0.1, 0.15) is 13.3 Å². The zero-order valence-corrected chi connectivity index (χ0v) is 8.00. The van der Waals surface area contributed by atoms with Crippen LogP contribution >= 0.6 is 11.8 Å². The Bertz CT molecular complexity index is 337. The zero-order valence-electron chi connectivity index (χ0n) is 7.19. The normalized spacial score (nSPS) is 56.5. The molecule has 13 heavy (non-hydrogen) atoms. The fraction of sp³-hybridized carbons (Fsp3) is 0.778. The van der Waals surface area contributed by atoms with Crippen molar-refractivity contribution in [3.05, 3.63) is 0 Å². The molecular formula is C9H9NO2S. The molecule has 0 aliphatic carbocycles. The topological polar surface area (TPSA) is 50.1 Å². The van der Waals surface area contributed by atoms with Crippen molar-refractivity contribution in [2.24, 2.45) is 11.3 Å². The molecule has 0 aromatic heterocycles. The van der Waals surface area contributed by atoms with E-state index in [1.54, 1.807) is 11.8 Å². The number of rotatable bonds is 0. The van der Waals surface area contributed by atoms with Crippen molar-refractivity contribution < 1.29 is 9.53 Å². The molecule has 3 heterocycles. The van der Waals surface area contributed by atoms with Gasteiger partial charge in [0.05, 0.1) is 11.3 Å². The second-order valence-electron chi connectivity index (χ2n) is 4.11. The standard InChI is InChI=1S/C9H9NO2S/c1-4-5-2-9(3-10)7(13-5)6(4)12-8(9)11/h4-7H,2H2,1H3. The van der Waals surface area contributed by atoms with Gasteiger partial charge in [-0.05, 0) is 6.42 Å². The van der Waals surface area contributed by atoms with Gasteiger partial charge in [0, 0.05) is 11.2 Å². The molecule has 5 atom stereocenters. The van der Waals surface area contributed by atoms with E-state index in [0.29, 0.717) is 17.6 Å². The van der Waals surface area contributed by atoms with E-state index in [-0.39, 0.29) is 17.3 Å². The van der Waals surface area contributed by atoms with Crippen LogP contribution in [-0.2, 0) is 9.53 Å². The second kappa shape index (κ2) is 2.03. The summed E-state index contributed by atoms with van der Waals surface area (Å²) < 4.78 is 5.26. The molecule has 0 radical (unpaired) electrons. The Kier molecular flexibility index (Phi) is 1.20. The van der Waals surface area contributed by atoms with Crippen molar-refractivity contribution in [2.75, 3.05) is 0 Å². The molecule has 3 nitrogen and oxygen atoms in total. The van der Waals surface area contributed by atoms with Gasteiger partial charge in [0.25, 0.3) is 0 Å². The van der Waals surface area contributed by atoms with Crippen LogP contribution in [0.3, 0.4) is 0 Å². The third-order valence-corrected chi connectivity index (χ3v) is 5.45. The number of nitriles is 1. The van der Waals surface area contributed by atoms with Gasteiger partial charge in [-0.1, -0.05) is 6.92 Å². The Balaban J connectivity index is 2.12. The minimum absolute atomic E-state index is 0.0101. The molecule has 0 amide bonds. The first-order valence-corrected chi connectivity index (χ1v) is 5.41. The van der Waals surface area contributed by atoms with Crippen molar-refractivity contribution in [3.8, 4) is 6.07 Å². The summed E-state index contributed by atoms with van der Waals surface area (Å²) in [5.41, 5.74) is -0.785. The highest BCUT2D eigenvalue weighted by Crippen LogP contribution is 2.63. The zero-order chi connectivity index (χ0) is 9.22. The van der Waals surface area contributed by atoms with Crippen molar-refractivity contribution in [1.29, 1.82) is 5.26 Å². The van der Waals surface area contributed by atoms with Crippen LogP contribution in [0.25, 0.3) is 0 Å². The summed E-state index contributed by atoms with van der Waals surface area (Å²) in [7, 11) is 0. The molecule has 0 aromatic rings. The van der Waals surface area contributed by atoms with Gasteiger partial charge in [0.2, 0.25) is 0 Å². The quantitative estimate of drug-likeness (QED) is 0.540. The summed E-state index contributed by atoms with van der Waals surface area (Å²) in [6, 6.07) is 2.18. The van der Waals surface area contributed by atoms with Gasteiger partial charge < -0.3 is 4.74 Å². The van der Waals surface area contributed by atoms with Gasteiger partial charge >= 0.3 is 5.97 Å². The first kappa shape index (κ1) is 7.69. The lowest BCUT2D eigenvalue weighted by Crippen LogP contribution is -2.37. The maximum atomic E-state index is 11.5. The largest absolute Gasteiger partial charge is 0.460 e. The van der Waals surface area contributed by atoms with Crippen molar-refractivity contribution in [1.82, 2.24) is 0 Å². The highest BCUT2D eigenvalue weighted by atomic mass is 32.2. The summed E-state index contributed by atoms with van der Waals surface area (Å²) in [5.74, 6) is 0.160. The van der Waals surface area contributed by atoms with E-state index in [4.69, 9.17) is 10.00 Å². The van der Waals surface area contributed by atoms with Crippen LogP contribution in [0.2, 0.25) is 0 Å². The summed E-state index contributed by atoms with van der Waals surface area (Å²) in [5, 5.41) is 9.63. The molecule has 3 rings (SSSR count). The Morgan fingerprint density at radius 3 is 3.15 bits per heavy atom. The van der Waals surface area contributed by atoms with Gasteiger partial charge in [0.15, 0.2) is 5.41 Å². The number of nitrogens with zero attached hydrogens (tertiary/aromatic N) is 1. The number of hydrogen-bond donors (Lipinski definition) is 0. The van der Waals surface area contributed by atoms with E-state index in [1.807, 2.05) is 0 Å². The number of thioether (sulfide) groups is 1. The minimum Gasteiger partial charge on any atom is -0.460 e. The fourth-order valence-electron chi connectivity index (χ4n) is 2.69. The van der Waals surface area contributed by atoms with E-state index < -0.39 is 5.41 Å². The summed E-state index contributed by atoms with van der Waals surface area (Å²) in [4.78, 5) is 11.5. The number of esters is 1. The smallest absolute Gasteiger partial charge is 0.328 e. The van der Waals surface area contributed by atoms with Crippen LogP contribution in [0.4, 0.5) is 0 Å². The Hall–Kier alpha value is -0.690. The van der Waals surface area contributed by atoms with Crippen LogP contribution in [0.15, 0.2) is 0 Å². The summed E-state index contributed by atoms with van der Waals surface area (Å²) >= 11 is 1.78. The van der Waals surface area contributed by atoms with Crippen molar-refractivity contribution in [3.63, 3.8) is 0 Å². The van der Waals surface area contributed by atoms with Crippen LogP contribution < -0.4 is 0 Å². The van der Waals surface area contributed by atoms with Gasteiger partial charge in [-0.25, -0.2) is 0 Å². The molecule has 4 heteroatoms. The predicted octanol–water partition coefficient (Wildman–Crippen LogP) is 0.946. The predicted molar refractivity (Wildman–Crippen MR) is 46.9 cm³/mol. The van der Waals surface area contributed by atoms with E-state index in [1.165, 1.54) is 0 Å². The van der Waals surface area contributed by atoms with Gasteiger partial charge in [0.1, 0.15) is 6.10 Å². The molecule has 2 bridgehead atoms. The third kappa shape index (κ3) is 0.634. The van der Waals surface area contributed by atoms with Gasteiger partial charge in [-0.15, -0.1) is 11.8 Å². The van der Waals surface area contributed by atoms with E-state index in [2.05, 4.69) is 13.0 Å². The molecule has 3 fully saturated rings. The number of fused-ring (bicyclic) bond motifs is 1. The van der Waals surface area contributed by atoms with Crippen LogP contribution in [-0.4, -0.2) is 22.6 Å². The van der Waals surface area contributed by atoms with E-state index in [0.717, 1.165) is 0 Å². The third-order valence-electron chi connectivity index (χ3n) is 3.54. The van der Waals surface area contributed by atoms with Gasteiger partial charge in [-0.3, -0.25) is 4.79 Å². The average Bonchev–Trinajstić information content (AvgIpc) is 2.68. The maximum Gasteiger partial charge on any atom is 0.328 e. The SMILES string of the molecule is CC1C2CC3(C#N)C(=O)OC1C3S2. The van der Waals surface area contributed by atoms with Crippen LogP contribution in [0.5, 0.6) is 0 Å². The highest BCUT2D eigenvalue weighted by Gasteiger charge is 2.70. The van der Waals surface area contributed by atoms with Crippen LogP contribution in [0, 0.1) is 22.7 Å². The van der Waals surface area contributed by atoms with E-state index in [9.17, 15) is 4.79 Å². The monoisotopic (exact) mass is 195 g/mol. The molecule has 0 spiro atoms. The Morgan fingerprint density at radius 2 is 2.54 bits per heavy atom. The molecule has 0 saturated carbocycles. The highest BCUT2D eigenvalue weighted by molar-refractivity contribution is 8.01. The van der Waals surface area contributed by atoms with Gasteiger partial charge in [-0.2, -0.15) is 5.26 Å². The number of carbonyl (C=O) groups excluding carboxylic acids is 1. The van der Waals surface area contributed by atoms with Crippen molar-refractivity contribution >= 4 is 17.7 Å². The number of carbonyl (C=O) groups is 1. The maximum absolute atomic E-state index is 11.5. The fourth-order valence-corrected chi connectivity index (χ4v) is 4.77. The summed E-state index contributed by atoms with van der Waals surface area (Å²) in [6.45, 7) is 2.11. The lowest BCUT2D eigenvalue weighted by molar-refractivity contribution is -0.146. The number of ether oxygens (including phenoxy) is 1. The molecule has 5 unspecified atom stereocenters. The molecule has 3 aliphatic rings. The molecule has 68 valence electrons. The summed E-state index contributed by atoms with van der Waals surface area (Å²) in [6.07, 6.45) is 0.714. The second-order valence-corrected chi connectivity index (χ2v) is 5.50.